The summed E-state index contributed by atoms with van der Waals surface area (Å²) in [6.07, 6.45) is 0. The Morgan fingerprint density at radius 3 is 2.40 bits per heavy atom. The summed E-state index contributed by atoms with van der Waals surface area (Å²) in [5.74, 6) is 1.70. The normalized spacial score (nSPS) is 10.6. The van der Waals surface area contributed by atoms with Crippen LogP contribution in [-0.2, 0) is 11.3 Å². The van der Waals surface area contributed by atoms with Crippen LogP contribution in [0.3, 0.4) is 0 Å². The Morgan fingerprint density at radius 1 is 1.00 bits per heavy atom. The fraction of sp³-hybridized carbons (Fsp3) is 0.350. The van der Waals surface area contributed by atoms with Gasteiger partial charge in [0.25, 0.3) is 0 Å². The molecule has 0 aliphatic carbocycles. The van der Waals surface area contributed by atoms with E-state index in [1.54, 1.807) is 12.0 Å². The van der Waals surface area contributed by atoms with Gasteiger partial charge in [0.1, 0.15) is 18.1 Å². The second-order valence-electron chi connectivity index (χ2n) is 5.96. The van der Waals surface area contributed by atoms with Crippen LogP contribution in [0, 0.1) is 0 Å². The minimum atomic E-state index is 0.0631. The van der Waals surface area contributed by atoms with Gasteiger partial charge in [-0.2, -0.15) is 0 Å². The lowest BCUT2D eigenvalue weighted by atomic mass is 10.2. The second kappa shape index (κ2) is 9.69. The topological polar surface area (TPSA) is 42.0 Å². The fourth-order valence-electron chi connectivity index (χ4n) is 2.44. The van der Waals surface area contributed by atoms with E-state index in [0.29, 0.717) is 26.2 Å². The smallest absolute Gasteiger partial charge is 0.236 e. The van der Waals surface area contributed by atoms with Crippen LogP contribution in [0.1, 0.15) is 5.56 Å². The van der Waals surface area contributed by atoms with E-state index in [2.05, 4.69) is 0 Å². The fourth-order valence-corrected chi connectivity index (χ4v) is 2.44. The summed E-state index contributed by atoms with van der Waals surface area (Å²) >= 11 is 0. The molecule has 0 aromatic heterocycles. The number of likely N-dealkylation sites (N-methyl/N-ethyl adjacent to an activating group) is 2. The van der Waals surface area contributed by atoms with Crippen LogP contribution in [0.15, 0.2) is 54.6 Å². The van der Waals surface area contributed by atoms with Gasteiger partial charge in [-0.25, -0.2) is 0 Å². The standard InChI is InChI=1S/C20H26N2O3/c1-21(13-14-25-18-10-5-4-6-11-18)16-20(23)22(2)15-17-9-7-8-12-19(17)24-3/h4-12H,13-16H2,1-3H3. The van der Waals surface area contributed by atoms with Crippen LogP contribution in [0.2, 0.25) is 0 Å². The number of methoxy groups -OCH3 is 1. The van der Waals surface area contributed by atoms with Gasteiger partial charge in [0.05, 0.1) is 13.7 Å². The molecule has 2 aromatic rings. The summed E-state index contributed by atoms with van der Waals surface area (Å²) in [5, 5.41) is 0. The molecule has 0 radical (unpaired) electrons. The molecule has 2 aromatic carbocycles. The average molecular weight is 342 g/mol. The highest BCUT2D eigenvalue weighted by Crippen LogP contribution is 2.18. The number of amides is 1. The van der Waals surface area contributed by atoms with Crippen molar-refractivity contribution in [1.82, 2.24) is 9.80 Å². The van der Waals surface area contributed by atoms with Crippen LogP contribution in [0.4, 0.5) is 0 Å². The summed E-state index contributed by atoms with van der Waals surface area (Å²) in [6.45, 7) is 2.11. The second-order valence-corrected chi connectivity index (χ2v) is 5.96. The van der Waals surface area contributed by atoms with Crippen molar-refractivity contribution >= 4 is 5.91 Å². The van der Waals surface area contributed by atoms with Crippen LogP contribution in [-0.4, -0.2) is 56.6 Å². The summed E-state index contributed by atoms with van der Waals surface area (Å²) in [5.41, 5.74) is 0.996. The zero-order valence-electron chi connectivity index (χ0n) is 15.1. The van der Waals surface area contributed by atoms with Gasteiger partial charge in [-0.15, -0.1) is 0 Å². The van der Waals surface area contributed by atoms with E-state index >= 15 is 0 Å². The van der Waals surface area contributed by atoms with Crippen LogP contribution < -0.4 is 9.47 Å². The molecule has 0 atom stereocenters. The molecule has 1 amide bonds. The van der Waals surface area contributed by atoms with Gasteiger partial charge in [0, 0.05) is 25.7 Å². The molecule has 0 spiro atoms. The molecular formula is C20H26N2O3. The first-order valence-electron chi connectivity index (χ1n) is 8.32. The number of nitrogens with zero attached hydrogens (tertiary/aromatic N) is 2. The predicted molar refractivity (Wildman–Crippen MR) is 98.9 cm³/mol. The highest BCUT2D eigenvalue weighted by atomic mass is 16.5. The highest BCUT2D eigenvalue weighted by Gasteiger charge is 2.14. The molecule has 25 heavy (non-hydrogen) atoms. The van der Waals surface area contributed by atoms with E-state index < -0.39 is 0 Å². The number of carbonyl (C=O) groups excluding carboxylic acids is 1. The summed E-state index contributed by atoms with van der Waals surface area (Å²) in [7, 11) is 5.37. The molecular weight excluding hydrogens is 316 g/mol. The number of para-hydroxylation sites is 2. The molecule has 0 unspecified atom stereocenters. The molecule has 0 fully saturated rings. The zero-order valence-corrected chi connectivity index (χ0v) is 15.1. The molecule has 0 saturated heterocycles. The first-order chi connectivity index (χ1) is 12.1. The van der Waals surface area contributed by atoms with Crippen molar-refractivity contribution in [2.24, 2.45) is 0 Å². The summed E-state index contributed by atoms with van der Waals surface area (Å²) < 4.78 is 11.0. The van der Waals surface area contributed by atoms with Gasteiger partial charge in [0.2, 0.25) is 5.91 Å². The first-order valence-corrected chi connectivity index (χ1v) is 8.32. The maximum atomic E-state index is 12.4. The number of ether oxygens (including phenoxy) is 2. The van der Waals surface area contributed by atoms with Crippen molar-refractivity contribution in [3.05, 3.63) is 60.2 Å². The lowest BCUT2D eigenvalue weighted by Crippen LogP contribution is -2.37. The molecule has 2 rings (SSSR count). The molecule has 0 heterocycles. The van der Waals surface area contributed by atoms with Crippen LogP contribution in [0.25, 0.3) is 0 Å². The minimum Gasteiger partial charge on any atom is -0.496 e. The monoisotopic (exact) mass is 342 g/mol. The van der Waals surface area contributed by atoms with E-state index in [1.807, 2.05) is 73.6 Å². The Kier molecular flexibility index (Phi) is 7.29. The van der Waals surface area contributed by atoms with Gasteiger partial charge in [-0.05, 0) is 25.2 Å². The number of hydrogen-bond acceptors (Lipinski definition) is 4. The van der Waals surface area contributed by atoms with Crippen molar-refractivity contribution in [3.63, 3.8) is 0 Å². The van der Waals surface area contributed by atoms with Crippen molar-refractivity contribution < 1.29 is 14.3 Å². The van der Waals surface area contributed by atoms with E-state index in [9.17, 15) is 4.79 Å². The first kappa shape index (κ1) is 18.8. The number of hydrogen-bond donors (Lipinski definition) is 0. The van der Waals surface area contributed by atoms with E-state index in [4.69, 9.17) is 9.47 Å². The molecule has 0 aliphatic rings. The molecule has 0 N–H and O–H groups in total. The van der Waals surface area contributed by atoms with Crippen LogP contribution >= 0.6 is 0 Å². The van der Waals surface area contributed by atoms with Crippen molar-refractivity contribution in [1.29, 1.82) is 0 Å². The minimum absolute atomic E-state index is 0.0631. The Hall–Kier alpha value is -2.53. The van der Waals surface area contributed by atoms with Crippen molar-refractivity contribution in [2.75, 3.05) is 40.9 Å². The Balaban J connectivity index is 1.76. The third-order valence-electron chi connectivity index (χ3n) is 3.92. The quantitative estimate of drug-likeness (QED) is 0.703. The van der Waals surface area contributed by atoms with Crippen LogP contribution in [0.5, 0.6) is 11.5 Å². The maximum Gasteiger partial charge on any atom is 0.236 e. The summed E-state index contributed by atoms with van der Waals surface area (Å²) in [6, 6.07) is 17.4. The van der Waals surface area contributed by atoms with E-state index in [-0.39, 0.29) is 5.91 Å². The molecule has 0 saturated carbocycles. The lowest BCUT2D eigenvalue weighted by molar-refractivity contribution is -0.131. The number of rotatable bonds is 9. The van der Waals surface area contributed by atoms with Gasteiger partial charge >= 0.3 is 0 Å². The van der Waals surface area contributed by atoms with Gasteiger partial charge in [0.15, 0.2) is 0 Å². The van der Waals surface area contributed by atoms with E-state index in [0.717, 1.165) is 17.1 Å². The predicted octanol–water partition coefficient (Wildman–Crippen LogP) is 2.66. The molecule has 5 heteroatoms. The highest BCUT2D eigenvalue weighted by molar-refractivity contribution is 5.78. The third-order valence-corrected chi connectivity index (χ3v) is 3.92. The Labute approximate surface area is 149 Å². The van der Waals surface area contributed by atoms with Gasteiger partial charge in [-0.3, -0.25) is 9.69 Å². The Bertz CT molecular complexity index is 661. The van der Waals surface area contributed by atoms with E-state index in [1.165, 1.54) is 0 Å². The number of carbonyl (C=O) groups is 1. The van der Waals surface area contributed by atoms with Gasteiger partial charge < -0.3 is 14.4 Å². The molecule has 0 bridgehead atoms. The average Bonchev–Trinajstić information content (AvgIpc) is 2.63. The molecule has 134 valence electrons. The van der Waals surface area contributed by atoms with Crippen molar-refractivity contribution in [2.45, 2.75) is 6.54 Å². The van der Waals surface area contributed by atoms with Gasteiger partial charge in [-0.1, -0.05) is 36.4 Å². The summed E-state index contributed by atoms with van der Waals surface area (Å²) in [4.78, 5) is 16.1. The SMILES string of the molecule is COc1ccccc1CN(C)C(=O)CN(C)CCOc1ccccc1. The Morgan fingerprint density at radius 2 is 1.68 bits per heavy atom. The van der Waals surface area contributed by atoms with Crippen molar-refractivity contribution in [3.8, 4) is 11.5 Å². The lowest BCUT2D eigenvalue weighted by Gasteiger charge is -2.22. The number of benzene rings is 2. The zero-order chi connectivity index (χ0) is 18.1. The maximum absolute atomic E-state index is 12.4. The molecule has 5 nitrogen and oxygen atoms in total. The molecule has 0 aliphatic heterocycles. The third kappa shape index (κ3) is 6.12. The largest absolute Gasteiger partial charge is 0.496 e.